The summed E-state index contributed by atoms with van der Waals surface area (Å²) >= 11 is 0. The Morgan fingerprint density at radius 1 is 1.18 bits per heavy atom. The number of likely N-dealkylation sites (N-methyl/N-ethyl adjacent to an activating group) is 1. The first kappa shape index (κ1) is 27.1. The fraction of sp³-hybridized carbons (Fsp3) is 0.429. The minimum Gasteiger partial charge on any atom is -0.497 e. The molecule has 1 amide bonds. The molecule has 38 heavy (non-hydrogen) atoms. The molecule has 200 valence electrons. The Balaban J connectivity index is 0.00000107. The van der Waals surface area contributed by atoms with Crippen molar-refractivity contribution in [3.05, 3.63) is 48.2 Å². The molecule has 2 fully saturated rings. The second-order valence-electron chi connectivity index (χ2n) is 9.40. The van der Waals surface area contributed by atoms with Gasteiger partial charge in [0.1, 0.15) is 17.3 Å². The van der Waals surface area contributed by atoms with Gasteiger partial charge in [0, 0.05) is 63.2 Å². The minimum absolute atomic E-state index is 0.275. The maximum atomic E-state index is 13.4. The molecule has 2 aromatic carbocycles. The van der Waals surface area contributed by atoms with E-state index in [9.17, 15) is 4.79 Å². The molecular formula is C28H36N8O2. The van der Waals surface area contributed by atoms with Gasteiger partial charge in [0.15, 0.2) is 0 Å². The second-order valence-corrected chi connectivity index (χ2v) is 9.40. The molecule has 1 unspecified atom stereocenters. The SMILES string of the molecule is CC#N.COc1cc(NC(=O)c2cc(N3CCNCC3)nc(NCC3CCCN3C)n2)c2ccccc2c1. The predicted octanol–water partition coefficient (Wildman–Crippen LogP) is 3.34. The summed E-state index contributed by atoms with van der Waals surface area (Å²) in [6, 6.07) is 15.7. The van der Waals surface area contributed by atoms with Crippen LogP contribution in [-0.4, -0.2) is 80.2 Å². The fourth-order valence-corrected chi connectivity index (χ4v) is 4.82. The first-order chi connectivity index (χ1) is 18.5. The molecule has 0 spiro atoms. The van der Waals surface area contributed by atoms with Gasteiger partial charge in [-0.3, -0.25) is 4.79 Å². The topological polar surface area (TPSA) is 118 Å². The average molecular weight is 517 g/mol. The first-order valence-electron chi connectivity index (χ1n) is 13.0. The molecule has 2 saturated heterocycles. The number of benzene rings is 2. The lowest BCUT2D eigenvalue weighted by molar-refractivity contribution is 0.102. The van der Waals surface area contributed by atoms with Gasteiger partial charge in [0.2, 0.25) is 5.95 Å². The van der Waals surface area contributed by atoms with Crippen molar-refractivity contribution in [2.45, 2.75) is 25.8 Å². The van der Waals surface area contributed by atoms with Crippen molar-refractivity contribution in [1.29, 1.82) is 5.26 Å². The van der Waals surface area contributed by atoms with Gasteiger partial charge in [0.25, 0.3) is 5.91 Å². The Hall–Kier alpha value is -3.94. The number of carbonyl (C=O) groups is 1. The fourth-order valence-electron chi connectivity index (χ4n) is 4.82. The maximum absolute atomic E-state index is 13.4. The van der Waals surface area contributed by atoms with Crippen molar-refractivity contribution in [1.82, 2.24) is 20.2 Å². The van der Waals surface area contributed by atoms with Gasteiger partial charge in [-0.25, -0.2) is 4.98 Å². The molecular weight excluding hydrogens is 480 g/mol. The Kier molecular flexibility index (Phi) is 9.30. The molecule has 1 aromatic heterocycles. The van der Waals surface area contributed by atoms with E-state index < -0.39 is 0 Å². The Morgan fingerprint density at radius 2 is 1.95 bits per heavy atom. The summed E-state index contributed by atoms with van der Waals surface area (Å²) in [6.45, 7) is 6.74. The van der Waals surface area contributed by atoms with Crippen molar-refractivity contribution in [2.24, 2.45) is 0 Å². The number of ether oxygens (including phenoxy) is 1. The van der Waals surface area contributed by atoms with Crippen LogP contribution in [0, 0.1) is 11.3 Å². The molecule has 3 N–H and O–H groups in total. The van der Waals surface area contributed by atoms with Crippen molar-refractivity contribution < 1.29 is 9.53 Å². The largest absolute Gasteiger partial charge is 0.497 e. The normalized spacial score (nSPS) is 17.3. The zero-order chi connectivity index (χ0) is 26.9. The highest BCUT2D eigenvalue weighted by Crippen LogP contribution is 2.30. The van der Waals surface area contributed by atoms with Crippen molar-refractivity contribution >= 4 is 34.1 Å². The third kappa shape index (κ3) is 6.68. The first-order valence-corrected chi connectivity index (χ1v) is 13.0. The summed E-state index contributed by atoms with van der Waals surface area (Å²) in [4.78, 5) is 27.4. The number of methoxy groups -OCH3 is 1. The third-order valence-electron chi connectivity index (χ3n) is 6.87. The molecule has 10 nitrogen and oxygen atoms in total. The molecule has 0 bridgehead atoms. The number of hydrogen-bond donors (Lipinski definition) is 3. The molecule has 3 heterocycles. The summed E-state index contributed by atoms with van der Waals surface area (Å²) in [7, 11) is 3.77. The van der Waals surface area contributed by atoms with Gasteiger partial charge in [-0.2, -0.15) is 10.2 Å². The minimum atomic E-state index is -0.275. The van der Waals surface area contributed by atoms with Crippen molar-refractivity contribution in [2.75, 3.05) is 69.0 Å². The standard InChI is InChI=1S/C26H33N7O2.C2H3N/c1-32-11-5-7-19(32)17-28-26-30-23(16-24(31-26)33-12-9-27-10-13-33)25(34)29-22-15-20(35-2)14-18-6-3-4-8-21(18)22;1-2-3/h3-4,6,8,14-16,19,27H,5,7,9-13,17H2,1-2H3,(H,29,34)(H,28,30,31);1H3. The lowest BCUT2D eigenvalue weighted by Crippen LogP contribution is -2.44. The molecule has 2 aliphatic rings. The molecule has 0 radical (unpaired) electrons. The summed E-state index contributed by atoms with van der Waals surface area (Å²) in [5.41, 5.74) is 1.03. The van der Waals surface area contributed by atoms with E-state index in [4.69, 9.17) is 15.0 Å². The van der Waals surface area contributed by atoms with Gasteiger partial charge >= 0.3 is 0 Å². The number of likely N-dealkylation sites (tertiary alicyclic amines) is 1. The summed E-state index contributed by atoms with van der Waals surface area (Å²) in [6.07, 6.45) is 2.35. The average Bonchev–Trinajstić information content (AvgIpc) is 3.37. The van der Waals surface area contributed by atoms with E-state index >= 15 is 0 Å². The van der Waals surface area contributed by atoms with Crippen LogP contribution >= 0.6 is 0 Å². The van der Waals surface area contributed by atoms with Crippen molar-refractivity contribution in [3.63, 3.8) is 0 Å². The predicted molar refractivity (Wildman–Crippen MR) is 151 cm³/mol. The van der Waals surface area contributed by atoms with Crippen LogP contribution in [0.15, 0.2) is 42.5 Å². The molecule has 0 aliphatic carbocycles. The summed E-state index contributed by atoms with van der Waals surface area (Å²) in [5, 5.41) is 19.1. The quantitative estimate of drug-likeness (QED) is 0.434. The third-order valence-corrected chi connectivity index (χ3v) is 6.87. The number of carbonyl (C=O) groups excluding carboxylic acids is 1. The monoisotopic (exact) mass is 516 g/mol. The van der Waals surface area contributed by atoms with E-state index in [1.165, 1.54) is 13.3 Å². The van der Waals surface area contributed by atoms with Crippen LogP contribution in [0.3, 0.4) is 0 Å². The molecule has 1 atom stereocenters. The van der Waals surface area contributed by atoms with E-state index in [-0.39, 0.29) is 5.91 Å². The van der Waals surface area contributed by atoms with E-state index in [0.717, 1.165) is 62.3 Å². The van der Waals surface area contributed by atoms with E-state index in [0.29, 0.717) is 29.1 Å². The number of nitrogens with one attached hydrogen (secondary N) is 3. The van der Waals surface area contributed by atoms with E-state index in [1.54, 1.807) is 19.2 Å². The van der Waals surface area contributed by atoms with Gasteiger partial charge in [-0.05, 0) is 37.9 Å². The van der Waals surface area contributed by atoms with Crippen LogP contribution in [0.5, 0.6) is 5.75 Å². The number of nitriles is 1. The molecule has 2 aliphatic heterocycles. The number of piperazine rings is 1. The highest BCUT2D eigenvalue weighted by atomic mass is 16.5. The molecule has 10 heteroatoms. The lowest BCUT2D eigenvalue weighted by Gasteiger charge is -2.29. The number of hydrogen-bond acceptors (Lipinski definition) is 9. The number of fused-ring (bicyclic) bond motifs is 1. The molecule has 3 aromatic rings. The number of rotatable bonds is 7. The highest BCUT2D eigenvalue weighted by Gasteiger charge is 2.22. The summed E-state index contributed by atoms with van der Waals surface area (Å²) in [5.74, 6) is 1.67. The Bertz CT molecular complexity index is 1290. The zero-order valence-electron chi connectivity index (χ0n) is 22.3. The Labute approximate surface area is 224 Å². The number of anilines is 3. The van der Waals surface area contributed by atoms with Gasteiger partial charge in [0.05, 0.1) is 18.9 Å². The van der Waals surface area contributed by atoms with Crippen LogP contribution in [0.1, 0.15) is 30.3 Å². The number of amides is 1. The van der Waals surface area contributed by atoms with E-state index in [2.05, 4.69) is 37.8 Å². The number of nitrogens with zero attached hydrogens (tertiary/aromatic N) is 5. The Morgan fingerprint density at radius 3 is 2.66 bits per heavy atom. The second kappa shape index (κ2) is 13.0. The van der Waals surface area contributed by atoms with E-state index in [1.807, 2.05) is 36.4 Å². The van der Waals surface area contributed by atoms with Gasteiger partial charge < -0.3 is 30.5 Å². The molecule has 0 saturated carbocycles. The summed E-state index contributed by atoms with van der Waals surface area (Å²) < 4.78 is 5.45. The van der Waals surface area contributed by atoms with Crippen LogP contribution < -0.4 is 25.6 Å². The maximum Gasteiger partial charge on any atom is 0.274 e. The smallest absolute Gasteiger partial charge is 0.274 e. The highest BCUT2D eigenvalue weighted by molar-refractivity contribution is 6.09. The van der Waals surface area contributed by atoms with Gasteiger partial charge in [-0.15, -0.1) is 0 Å². The zero-order valence-corrected chi connectivity index (χ0v) is 22.3. The van der Waals surface area contributed by atoms with Crippen LogP contribution in [-0.2, 0) is 0 Å². The van der Waals surface area contributed by atoms with Crippen LogP contribution in [0.25, 0.3) is 10.8 Å². The molecule has 5 rings (SSSR count). The van der Waals surface area contributed by atoms with Crippen LogP contribution in [0.4, 0.5) is 17.5 Å². The van der Waals surface area contributed by atoms with Gasteiger partial charge in [-0.1, -0.05) is 24.3 Å². The number of aromatic nitrogens is 2. The van der Waals surface area contributed by atoms with Crippen LogP contribution in [0.2, 0.25) is 0 Å². The lowest BCUT2D eigenvalue weighted by atomic mass is 10.1. The van der Waals surface area contributed by atoms with Crippen molar-refractivity contribution in [3.8, 4) is 11.8 Å².